The number of nitrogen functional groups attached to an aromatic ring is 1. The van der Waals surface area contributed by atoms with Crippen molar-refractivity contribution in [1.29, 1.82) is 0 Å². The largest absolute Gasteiger partial charge is 0.366 e. The Balaban J connectivity index is 2.54. The third-order valence-corrected chi connectivity index (χ3v) is 2.54. The summed E-state index contributed by atoms with van der Waals surface area (Å²) in [5.41, 5.74) is 9.10. The van der Waals surface area contributed by atoms with Crippen LogP contribution in [0.2, 0.25) is 0 Å². The fraction of sp³-hybridized carbons (Fsp3) is 0.273. The van der Waals surface area contributed by atoms with Gasteiger partial charge in [-0.05, 0) is 31.0 Å². The molecular weight excluding hydrogens is 188 g/mol. The molecule has 0 saturated carbocycles. The van der Waals surface area contributed by atoms with Crippen molar-refractivity contribution in [2.75, 3.05) is 5.73 Å². The summed E-state index contributed by atoms with van der Waals surface area (Å²) in [4.78, 5) is 4.18. The van der Waals surface area contributed by atoms with Gasteiger partial charge >= 0.3 is 0 Å². The van der Waals surface area contributed by atoms with Crippen LogP contribution in [0.4, 0.5) is 5.95 Å². The number of benzene rings is 1. The molecule has 4 heteroatoms. The average Bonchev–Trinajstić information content (AvgIpc) is 2.50. The Labute approximate surface area is 88.8 Å². The van der Waals surface area contributed by atoms with E-state index in [4.69, 9.17) is 5.73 Å². The highest BCUT2D eigenvalue weighted by atomic mass is 15.4. The van der Waals surface area contributed by atoms with Crippen molar-refractivity contribution in [2.24, 2.45) is 7.05 Å². The lowest BCUT2D eigenvalue weighted by atomic mass is 10.1. The van der Waals surface area contributed by atoms with Crippen LogP contribution in [0.3, 0.4) is 0 Å². The van der Waals surface area contributed by atoms with Gasteiger partial charge in [-0.2, -0.15) is 4.98 Å². The minimum absolute atomic E-state index is 0.311. The normalized spacial score (nSPS) is 10.6. The number of anilines is 1. The summed E-state index contributed by atoms with van der Waals surface area (Å²) in [7, 11) is 1.84. The van der Waals surface area contributed by atoms with Gasteiger partial charge in [0.15, 0.2) is 5.82 Å². The zero-order valence-electron chi connectivity index (χ0n) is 9.15. The number of aromatic nitrogens is 3. The lowest BCUT2D eigenvalue weighted by molar-refractivity contribution is 0.778. The average molecular weight is 202 g/mol. The fourth-order valence-corrected chi connectivity index (χ4v) is 1.54. The molecular formula is C11H14N4. The first-order valence-electron chi connectivity index (χ1n) is 4.82. The van der Waals surface area contributed by atoms with Crippen molar-refractivity contribution in [1.82, 2.24) is 14.8 Å². The molecule has 0 amide bonds. The summed E-state index contributed by atoms with van der Waals surface area (Å²) in [6, 6.07) is 6.21. The summed E-state index contributed by atoms with van der Waals surface area (Å²) < 4.78 is 1.69. The standard InChI is InChI=1S/C11H14N4/c1-7-4-5-9(6-8(7)2)10-13-11(12)14-15(10)3/h4-6H,1-3H3,(H2,12,14). The van der Waals surface area contributed by atoms with Gasteiger partial charge in [-0.25, -0.2) is 4.68 Å². The number of nitrogens with zero attached hydrogens (tertiary/aromatic N) is 3. The maximum Gasteiger partial charge on any atom is 0.240 e. The van der Waals surface area contributed by atoms with Crippen molar-refractivity contribution in [3.63, 3.8) is 0 Å². The lowest BCUT2D eigenvalue weighted by Gasteiger charge is -2.03. The molecule has 0 bridgehead atoms. The summed E-state index contributed by atoms with van der Waals surface area (Å²) in [6.45, 7) is 4.17. The van der Waals surface area contributed by atoms with E-state index in [0.29, 0.717) is 5.95 Å². The summed E-state index contributed by atoms with van der Waals surface area (Å²) in [6.07, 6.45) is 0. The van der Waals surface area contributed by atoms with Gasteiger partial charge in [0.2, 0.25) is 5.95 Å². The van der Waals surface area contributed by atoms with E-state index >= 15 is 0 Å². The summed E-state index contributed by atoms with van der Waals surface area (Å²) >= 11 is 0. The second kappa shape index (κ2) is 3.38. The Bertz CT molecular complexity index is 499. The van der Waals surface area contributed by atoms with Crippen molar-refractivity contribution in [2.45, 2.75) is 13.8 Å². The maximum atomic E-state index is 5.54. The van der Waals surface area contributed by atoms with Gasteiger partial charge in [-0.1, -0.05) is 12.1 Å². The predicted molar refractivity (Wildman–Crippen MR) is 60.3 cm³/mol. The van der Waals surface area contributed by atoms with E-state index in [-0.39, 0.29) is 0 Å². The molecule has 0 atom stereocenters. The monoisotopic (exact) mass is 202 g/mol. The van der Waals surface area contributed by atoms with Crippen LogP contribution in [0.1, 0.15) is 11.1 Å². The highest BCUT2D eigenvalue weighted by Gasteiger charge is 2.07. The molecule has 0 saturated heterocycles. The minimum atomic E-state index is 0.311. The quantitative estimate of drug-likeness (QED) is 0.765. The molecule has 1 aromatic heterocycles. The Kier molecular flexibility index (Phi) is 2.19. The molecule has 0 spiro atoms. The molecule has 2 aromatic rings. The first-order chi connectivity index (χ1) is 7.08. The fourth-order valence-electron chi connectivity index (χ4n) is 1.54. The highest BCUT2D eigenvalue weighted by molar-refractivity contribution is 5.58. The van der Waals surface area contributed by atoms with Crippen LogP contribution in [-0.2, 0) is 7.05 Å². The van der Waals surface area contributed by atoms with Crippen LogP contribution in [0.25, 0.3) is 11.4 Å². The topological polar surface area (TPSA) is 56.7 Å². The molecule has 2 rings (SSSR count). The number of rotatable bonds is 1. The molecule has 0 aliphatic rings. The van der Waals surface area contributed by atoms with Crippen LogP contribution in [0.5, 0.6) is 0 Å². The van der Waals surface area contributed by atoms with Gasteiger partial charge in [0.25, 0.3) is 0 Å². The molecule has 15 heavy (non-hydrogen) atoms. The Morgan fingerprint density at radius 2 is 1.93 bits per heavy atom. The molecule has 0 aliphatic heterocycles. The van der Waals surface area contributed by atoms with E-state index in [2.05, 4.69) is 36.1 Å². The SMILES string of the molecule is Cc1ccc(-c2nc(N)nn2C)cc1C. The van der Waals surface area contributed by atoms with E-state index in [0.717, 1.165) is 11.4 Å². The molecule has 0 radical (unpaired) electrons. The van der Waals surface area contributed by atoms with Crippen molar-refractivity contribution < 1.29 is 0 Å². The van der Waals surface area contributed by atoms with Crippen LogP contribution in [-0.4, -0.2) is 14.8 Å². The van der Waals surface area contributed by atoms with Gasteiger partial charge < -0.3 is 5.73 Å². The molecule has 4 nitrogen and oxygen atoms in total. The number of hydrogen-bond acceptors (Lipinski definition) is 3. The predicted octanol–water partition coefficient (Wildman–Crippen LogP) is 1.68. The van der Waals surface area contributed by atoms with E-state index < -0.39 is 0 Å². The van der Waals surface area contributed by atoms with Gasteiger partial charge in [0.1, 0.15) is 0 Å². The number of aryl methyl sites for hydroxylation is 3. The van der Waals surface area contributed by atoms with Crippen LogP contribution < -0.4 is 5.73 Å². The van der Waals surface area contributed by atoms with E-state index in [9.17, 15) is 0 Å². The van der Waals surface area contributed by atoms with E-state index in [1.807, 2.05) is 13.1 Å². The molecule has 0 fully saturated rings. The van der Waals surface area contributed by atoms with Gasteiger partial charge in [-0.15, -0.1) is 5.10 Å². The zero-order chi connectivity index (χ0) is 11.0. The third kappa shape index (κ3) is 1.70. The Morgan fingerprint density at radius 1 is 1.20 bits per heavy atom. The first-order valence-corrected chi connectivity index (χ1v) is 4.82. The second-order valence-electron chi connectivity index (χ2n) is 3.72. The lowest BCUT2D eigenvalue weighted by Crippen LogP contribution is -1.95. The van der Waals surface area contributed by atoms with Gasteiger partial charge in [-0.3, -0.25) is 0 Å². The van der Waals surface area contributed by atoms with Gasteiger partial charge in [0.05, 0.1) is 0 Å². The maximum absolute atomic E-state index is 5.54. The molecule has 0 aliphatic carbocycles. The molecule has 1 heterocycles. The second-order valence-corrected chi connectivity index (χ2v) is 3.72. The minimum Gasteiger partial charge on any atom is -0.366 e. The Morgan fingerprint density at radius 3 is 2.47 bits per heavy atom. The van der Waals surface area contributed by atoms with Crippen LogP contribution >= 0.6 is 0 Å². The van der Waals surface area contributed by atoms with Gasteiger partial charge in [0, 0.05) is 12.6 Å². The number of hydrogen-bond donors (Lipinski definition) is 1. The molecule has 2 N–H and O–H groups in total. The van der Waals surface area contributed by atoms with Crippen molar-refractivity contribution in [3.8, 4) is 11.4 Å². The molecule has 0 unspecified atom stereocenters. The Hall–Kier alpha value is -1.84. The van der Waals surface area contributed by atoms with Crippen molar-refractivity contribution in [3.05, 3.63) is 29.3 Å². The molecule has 78 valence electrons. The van der Waals surface area contributed by atoms with E-state index in [1.165, 1.54) is 11.1 Å². The van der Waals surface area contributed by atoms with E-state index in [1.54, 1.807) is 4.68 Å². The van der Waals surface area contributed by atoms with Crippen LogP contribution in [0.15, 0.2) is 18.2 Å². The summed E-state index contributed by atoms with van der Waals surface area (Å²) in [5.74, 6) is 1.11. The molecule has 1 aromatic carbocycles. The van der Waals surface area contributed by atoms with Crippen molar-refractivity contribution >= 4 is 5.95 Å². The zero-order valence-corrected chi connectivity index (χ0v) is 9.15. The summed E-state index contributed by atoms with van der Waals surface area (Å²) in [5, 5.41) is 4.02. The first kappa shape index (κ1) is 9.71. The highest BCUT2D eigenvalue weighted by Crippen LogP contribution is 2.20. The third-order valence-electron chi connectivity index (χ3n) is 2.54. The number of nitrogens with two attached hydrogens (primary N) is 1. The van der Waals surface area contributed by atoms with Crippen LogP contribution in [0, 0.1) is 13.8 Å². The smallest absolute Gasteiger partial charge is 0.240 e.